The van der Waals surface area contributed by atoms with Crippen LogP contribution >= 0.6 is 0 Å². The lowest BCUT2D eigenvalue weighted by molar-refractivity contribution is 0.144. The first-order chi connectivity index (χ1) is 9.65. The summed E-state index contributed by atoms with van der Waals surface area (Å²) in [7, 11) is 0. The molecule has 2 unspecified atom stereocenters. The number of rotatable bonds is 2. The van der Waals surface area contributed by atoms with Crippen LogP contribution in [0.4, 0.5) is 14.5 Å². The highest BCUT2D eigenvalue weighted by molar-refractivity contribution is 5.54. The van der Waals surface area contributed by atoms with Crippen LogP contribution in [0.25, 0.3) is 0 Å². The molecule has 0 radical (unpaired) electrons. The van der Waals surface area contributed by atoms with Crippen molar-refractivity contribution in [3.05, 3.63) is 65.2 Å². The summed E-state index contributed by atoms with van der Waals surface area (Å²) in [5.41, 5.74) is 2.28. The predicted octanol–water partition coefficient (Wildman–Crippen LogP) is 3.43. The first kappa shape index (κ1) is 13.1. The van der Waals surface area contributed by atoms with Gasteiger partial charge in [0.25, 0.3) is 0 Å². The maximum Gasteiger partial charge on any atom is 0.131 e. The van der Waals surface area contributed by atoms with Crippen LogP contribution in [0.15, 0.2) is 42.5 Å². The smallest absolute Gasteiger partial charge is 0.131 e. The van der Waals surface area contributed by atoms with Crippen LogP contribution in [-0.2, 0) is 6.42 Å². The Hall–Kier alpha value is -1.94. The van der Waals surface area contributed by atoms with E-state index in [1.54, 1.807) is 0 Å². The maximum atomic E-state index is 13.7. The summed E-state index contributed by atoms with van der Waals surface area (Å²) < 4.78 is 26.6. The fourth-order valence-electron chi connectivity index (χ4n) is 2.66. The van der Waals surface area contributed by atoms with Crippen LogP contribution in [-0.4, -0.2) is 11.1 Å². The van der Waals surface area contributed by atoms with E-state index < -0.39 is 17.7 Å². The average molecular weight is 275 g/mol. The largest absolute Gasteiger partial charge is 0.386 e. The highest BCUT2D eigenvalue weighted by atomic mass is 19.1. The Kier molecular flexibility index (Phi) is 3.40. The van der Waals surface area contributed by atoms with Gasteiger partial charge in [0.2, 0.25) is 0 Å². The van der Waals surface area contributed by atoms with Gasteiger partial charge in [0, 0.05) is 17.3 Å². The van der Waals surface area contributed by atoms with Gasteiger partial charge in [-0.25, -0.2) is 8.78 Å². The molecule has 2 N–H and O–H groups in total. The van der Waals surface area contributed by atoms with Gasteiger partial charge < -0.3 is 10.4 Å². The Balaban J connectivity index is 1.84. The molecule has 2 aromatic carbocycles. The summed E-state index contributed by atoms with van der Waals surface area (Å²) in [5, 5.41) is 13.5. The number of hydrogen-bond acceptors (Lipinski definition) is 2. The Bertz CT molecular complexity index is 630. The van der Waals surface area contributed by atoms with E-state index in [1.807, 2.05) is 24.3 Å². The Morgan fingerprint density at radius 2 is 1.95 bits per heavy atom. The SMILES string of the molecule is OC(c1ccc(F)cc1F)C1CCc2ccccc2N1. The molecule has 0 spiro atoms. The molecule has 104 valence electrons. The minimum absolute atomic E-state index is 0.128. The fraction of sp³-hybridized carbons (Fsp3) is 0.250. The number of hydrogen-bond donors (Lipinski definition) is 2. The van der Waals surface area contributed by atoms with Crippen LogP contribution in [0.5, 0.6) is 0 Å². The van der Waals surface area contributed by atoms with Crippen molar-refractivity contribution >= 4 is 5.69 Å². The molecule has 0 bridgehead atoms. The van der Waals surface area contributed by atoms with E-state index in [0.717, 1.165) is 18.2 Å². The van der Waals surface area contributed by atoms with Crippen molar-refractivity contribution in [2.75, 3.05) is 5.32 Å². The van der Waals surface area contributed by atoms with Gasteiger partial charge >= 0.3 is 0 Å². The van der Waals surface area contributed by atoms with Crippen molar-refractivity contribution in [3.8, 4) is 0 Å². The summed E-state index contributed by atoms with van der Waals surface area (Å²) in [6.07, 6.45) is 0.534. The number of aliphatic hydroxyl groups excluding tert-OH is 1. The molecule has 4 heteroatoms. The van der Waals surface area contributed by atoms with Gasteiger partial charge in [-0.15, -0.1) is 0 Å². The van der Waals surface area contributed by atoms with Crippen molar-refractivity contribution in [2.24, 2.45) is 0 Å². The van der Waals surface area contributed by atoms with Gasteiger partial charge in [0.05, 0.1) is 6.04 Å². The molecule has 0 saturated carbocycles. The zero-order valence-electron chi connectivity index (χ0n) is 10.8. The van der Waals surface area contributed by atoms with Crippen LogP contribution in [0.2, 0.25) is 0 Å². The van der Waals surface area contributed by atoms with Gasteiger partial charge in [-0.2, -0.15) is 0 Å². The molecule has 1 aliphatic heterocycles. The van der Waals surface area contributed by atoms with Crippen LogP contribution in [0, 0.1) is 11.6 Å². The molecule has 0 amide bonds. The van der Waals surface area contributed by atoms with Crippen molar-refractivity contribution in [1.82, 2.24) is 0 Å². The summed E-state index contributed by atoms with van der Waals surface area (Å²) in [6, 6.07) is 10.9. The van der Waals surface area contributed by atoms with Gasteiger partial charge in [-0.05, 0) is 30.5 Å². The topological polar surface area (TPSA) is 32.3 Å². The van der Waals surface area contributed by atoms with E-state index in [0.29, 0.717) is 6.42 Å². The third-order valence-electron chi connectivity index (χ3n) is 3.75. The first-order valence-electron chi connectivity index (χ1n) is 6.62. The monoisotopic (exact) mass is 275 g/mol. The number of anilines is 1. The van der Waals surface area contributed by atoms with Crippen molar-refractivity contribution < 1.29 is 13.9 Å². The molecule has 0 fully saturated rings. The minimum Gasteiger partial charge on any atom is -0.386 e. The zero-order chi connectivity index (χ0) is 14.1. The number of nitrogens with one attached hydrogen (secondary N) is 1. The number of aryl methyl sites for hydroxylation is 1. The molecular formula is C16H15F2NO. The molecule has 20 heavy (non-hydrogen) atoms. The van der Waals surface area contributed by atoms with Crippen LogP contribution < -0.4 is 5.32 Å². The molecule has 1 heterocycles. The molecule has 0 saturated heterocycles. The minimum atomic E-state index is -0.996. The lowest BCUT2D eigenvalue weighted by atomic mass is 9.91. The number of benzene rings is 2. The van der Waals surface area contributed by atoms with Crippen molar-refractivity contribution in [1.29, 1.82) is 0 Å². The standard InChI is InChI=1S/C16H15F2NO/c17-11-6-7-12(13(18)9-11)16(20)15-8-5-10-3-1-2-4-14(10)19-15/h1-4,6-7,9,15-16,19-20H,5,8H2. The summed E-state index contributed by atoms with van der Waals surface area (Å²) >= 11 is 0. The summed E-state index contributed by atoms with van der Waals surface area (Å²) in [5.74, 6) is -1.35. The lowest BCUT2D eigenvalue weighted by Crippen LogP contribution is -2.32. The molecule has 2 atom stereocenters. The van der Waals surface area contributed by atoms with Gasteiger partial charge in [0.15, 0.2) is 0 Å². The number of aliphatic hydroxyl groups is 1. The van der Waals surface area contributed by atoms with Gasteiger partial charge in [0.1, 0.15) is 17.7 Å². The quantitative estimate of drug-likeness (QED) is 0.880. The van der Waals surface area contributed by atoms with Crippen molar-refractivity contribution in [3.63, 3.8) is 0 Å². The van der Waals surface area contributed by atoms with Crippen LogP contribution in [0.3, 0.4) is 0 Å². The number of halogens is 2. The zero-order valence-corrected chi connectivity index (χ0v) is 10.8. The molecule has 2 nitrogen and oxygen atoms in total. The van der Waals surface area contributed by atoms with Gasteiger partial charge in [-0.1, -0.05) is 24.3 Å². The Morgan fingerprint density at radius 3 is 2.75 bits per heavy atom. The normalized spacial score (nSPS) is 19.1. The van der Waals surface area contributed by atoms with Gasteiger partial charge in [-0.3, -0.25) is 0 Å². The Labute approximate surface area is 116 Å². The number of fused-ring (bicyclic) bond motifs is 1. The second-order valence-corrected chi connectivity index (χ2v) is 5.06. The van der Waals surface area contributed by atoms with E-state index in [-0.39, 0.29) is 11.6 Å². The number of para-hydroxylation sites is 1. The Morgan fingerprint density at radius 1 is 1.15 bits per heavy atom. The summed E-state index contributed by atoms with van der Waals surface area (Å²) in [4.78, 5) is 0. The third kappa shape index (κ3) is 2.39. The third-order valence-corrected chi connectivity index (χ3v) is 3.75. The highest BCUT2D eigenvalue weighted by Gasteiger charge is 2.27. The summed E-state index contributed by atoms with van der Waals surface area (Å²) in [6.45, 7) is 0. The molecule has 2 aromatic rings. The van der Waals surface area contributed by atoms with Crippen LogP contribution in [0.1, 0.15) is 23.7 Å². The van der Waals surface area contributed by atoms with E-state index in [1.165, 1.54) is 17.7 Å². The predicted molar refractivity (Wildman–Crippen MR) is 73.5 cm³/mol. The molecular weight excluding hydrogens is 260 g/mol. The maximum absolute atomic E-state index is 13.7. The molecule has 0 aliphatic carbocycles. The lowest BCUT2D eigenvalue weighted by Gasteiger charge is -2.31. The molecule has 3 rings (SSSR count). The molecule has 0 aromatic heterocycles. The average Bonchev–Trinajstić information content (AvgIpc) is 2.46. The second-order valence-electron chi connectivity index (χ2n) is 5.06. The highest BCUT2D eigenvalue weighted by Crippen LogP contribution is 2.31. The fourth-order valence-corrected chi connectivity index (χ4v) is 2.66. The van der Waals surface area contributed by atoms with E-state index in [2.05, 4.69) is 5.32 Å². The van der Waals surface area contributed by atoms with E-state index in [4.69, 9.17) is 0 Å². The second kappa shape index (κ2) is 5.21. The van der Waals surface area contributed by atoms with Crippen molar-refractivity contribution in [2.45, 2.75) is 25.0 Å². The first-order valence-corrected chi connectivity index (χ1v) is 6.62. The molecule has 1 aliphatic rings. The van der Waals surface area contributed by atoms with E-state index in [9.17, 15) is 13.9 Å². The van der Waals surface area contributed by atoms with E-state index >= 15 is 0 Å².